The second-order valence-electron chi connectivity index (χ2n) is 6.86. The number of aromatic nitrogens is 5. The molecule has 0 bridgehead atoms. The van der Waals surface area contributed by atoms with Crippen molar-refractivity contribution in [2.75, 3.05) is 19.0 Å². The van der Waals surface area contributed by atoms with Crippen LogP contribution in [0.2, 0.25) is 0 Å². The van der Waals surface area contributed by atoms with E-state index >= 15 is 0 Å². The molecule has 0 saturated heterocycles. The monoisotopic (exact) mass is 425 g/mol. The fourth-order valence-corrected chi connectivity index (χ4v) is 4.27. The summed E-state index contributed by atoms with van der Waals surface area (Å²) < 4.78 is 10.7. The maximum Gasteiger partial charge on any atom is 0.262 e. The molecular formula is C21H23N5O3S. The molecule has 0 aliphatic heterocycles. The Balaban J connectivity index is 1.71. The summed E-state index contributed by atoms with van der Waals surface area (Å²) >= 11 is 1.32. The molecule has 0 amide bonds. The highest BCUT2D eigenvalue weighted by atomic mass is 32.2. The van der Waals surface area contributed by atoms with Crippen molar-refractivity contribution >= 4 is 34.2 Å². The van der Waals surface area contributed by atoms with E-state index in [1.165, 1.54) is 11.8 Å². The van der Waals surface area contributed by atoms with Gasteiger partial charge in [-0.15, -0.1) is 10.2 Å². The highest BCUT2D eigenvalue weighted by Crippen LogP contribution is 2.22. The number of para-hydroxylation sites is 1. The largest absolute Gasteiger partial charge is 0.382 e. The molecule has 0 aliphatic rings. The van der Waals surface area contributed by atoms with Crippen LogP contribution < -0.4 is 5.56 Å². The van der Waals surface area contributed by atoms with E-state index in [-0.39, 0.29) is 17.1 Å². The van der Waals surface area contributed by atoms with Gasteiger partial charge >= 0.3 is 0 Å². The van der Waals surface area contributed by atoms with Crippen LogP contribution in [-0.2, 0) is 18.3 Å². The topological polar surface area (TPSA) is 83.4 Å². The van der Waals surface area contributed by atoms with Crippen molar-refractivity contribution in [3.8, 4) is 0 Å². The zero-order valence-corrected chi connectivity index (χ0v) is 17.8. The zero-order chi connectivity index (χ0) is 21.1. The quantitative estimate of drug-likeness (QED) is 0.233. The van der Waals surface area contributed by atoms with E-state index in [1.807, 2.05) is 48.8 Å². The summed E-state index contributed by atoms with van der Waals surface area (Å²) in [6, 6.07) is 11.1. The number of hydrogen-bond donors (Lipinski definition) is 0. The number of nitrogens with zero attached hydrogens (tertiary/aromatic N) is 5. The SMILES string of the molecule is CCOCCCn1c(=O)c2ccccc2n2c(SCC(=O)c3cccn3C)nnc12. The van der Waals surface area contributed by atoms with Gasteiger partial charge in [0.15, 0.2) is 10.9 Å². The molecule has 8 nitrogen and oxygen atoms in total. The molecule has 0 unspecified atom stereocenters. The number of aryl methyl sites for hydroxylation is 2. The minimum atomic E-state index is -0.0987. The molecule has 0 saturated carbocycles. The molecule has 4 aromatic rings. The van der Waals surface area contributed by atoms with Gasteiger partial charge in [0, 0.05) is 33.0 Å². The average molecular weight is 426 g/mol. The number of carbonyl (C=O) groups is 1. The molecule has 0 spiro atoms. The highest BCUT2D eigenvalue weighted by molar-refractivity contribution is 7.99. The highest BCUT2D eigenvalue weighted by Gasteiger charge is 2.18. The number of hydrogen-bond acceptors (Lipinski definition) is 6. The van der Waals surface area contributed by atoms with Crippen LogP contribution in [0.15, 0.2) is 52.5 Å². The molecule has 9 heteroatoms. The Bertz CT molecular complexity index is 1260. The Morgan fingerprint density at radius 3 is 2.77 bits per heavy atom. The van der Waals surface area contributed by atoms with E-state index < -0.39 is 0 Å². The van der Waals surface area contributed by atoms with Crippen LogP contribution in [0.3, 0.4) is 0 Å². The molecule has 0 aliphatic carbocycles. The van der Waals surface area contributed by atoms with Crippen molar-refractivity contribution in [1.29, 1.82) is 0 Å². The maximum atomic E-state index is 13.1. The summed E-state index contributed by atoms with van der Waals surface area (Å²) in [5.74, 6) is 0.721. The predicted octanol–water partition coefficient (Wildman–Crippen LogP) is 2.78. The molecule has 3 heterocycles. The first-order chi connectivity index (χ1) is 14.6. The first-order valence-electron chi connectivity index (χ1n) is 9.83. The van der Waals surface area contributed by atoms with E-state index in [9.17, 15) is 9.59 Å². The summed E-state index contributed by atoms with van der Waals surface area (Å²) in [4.78, 5) is 25.6. The van der Waals surface area contributed by atoms with Gasteiger partial charge in [-0.2, -0.15) is 0 Å². The fraction of sp³-hybridized carbons (Fsp3) is 0.333. The van der Waals surface area contributed by atoms with Crippen LogP contribution in [0.25, 0.3) is 16.7 Å². The standard InChI is InChI=1S/C21H23N5O3S/c1-3-29-13-7-12-25-19(28)15-8-4-5-9-16(15)26-20(25)22-23-21(26)30-14-18(27)17-10-6-11-24(17)2/h4-6,8-11H,3,7,12-14H2,1-2H3. The Morgan fingerprint density at radius 1 is 1.17 bits per heavy atom. The number of ether oxygens (including phenoxy) is 1. The van der Waals surface area contributed by atoms with E-state index in [0.717, 1.165) is 5.52 Å². The number of benzene rings is 1. The van der Waals surface area contributed by atoms with Gasteiger partial charge in [-0.1, -0.05) is 23.9 Å². The molecule has 0 atom stereocenters. The summed E-state index contributed by atoms with van der Waals surface area (Å²) in [6.07, 6.45) is 2.54. The first-order valence-corrected chi connectivity index (χ1v) is 10.8. The van der Waals surface area contributed by atoms with Crippen LogP contribution in [0, 0.1) is 0 Å². The lowest BCUT2D eigenvalue weighted by Crippen LogP contribution is -2.24. The lowest BCUT2D eigenvalue weighted by atomic mass is 10.2. The molecule has 3 aromatic heterocycles. The normalized spacial score (nSPS) is 11.5. The molecule has 0 N–H and O–H groups in total. The number of fused-ring (bicyclic) bond motifs is 3. The summed E-state index contributed by atoms with van der Waals surface area (Å²) in [6.45, 7) is 3.64. The van der Waals surface area contributed by atoms with E-state index in [0.29, 0.717) is 48.2 Å². The number of rotatable bonds is 9. The molecule has 1 aromatic carbocycles. The van der Waals surface area contributed by atoms with Gasteiger partial charge in [0.25, 0.3) is 5.56 Å². The predicted molar refractivity (Wildman–Crippen MR) is 116 cm³/mol. The van der Waals surface area contributed by atoms with Crippen molar-refractivity contribution in [2.24, 2.45) is 7.05 Å². The van der Waals surface area contributed by atoms with Crippen LogP contribution in [0.1, 0.15) is 23.8 Å². The maximum absolute atomic E-state index is 13.1. The third-order valence-corrected chi connectivity index (χ3v) is 5.84. The minimum absolute atomic E-state index is 0.0126. The second-order valence-corrected chi connectivity index (χ2v) is 7.80. The zero-order valence-electron chi connectivity index (χ0n) is 16.9. The molecule has 0 radical (unpaired) electrons. The van der Waals surface area contributed by atoms with E-state index in [1.54, 1.807) is 21.3 Å². The van der Waals surface area contributed by atoms with Gasteiger partial charge in [-0.25, -0.2) is 0 Å². The lowest BCUT2D eigenvalue weighted by molar-refractivity contribution is 0.101. The Kier molecular flexibility index (Phi) is 6.01. The first kappa shape index (κ1) is 20.4. The van der Waals surface area contributed by atoms with Crippen LogP contribution in [0.4, 0.5) is 0 Å². The summed E-state index contributed by atoms with van der Waals surface area (Å²) in [5, 5.41) is 9.76. The Hall–Kier alpha value is -2.91. The van der Waals surface area contributed by atoms with Gasteiger partial charge in [-0.3, -0.25) is 18.6 Å². The Morgan fingerprint density at radius 2 is 2.00 bits per heavy atom. The smallest absolute Gasteiger partial charge is 0.262 e. The number of Topliss-reactive ketones (excluding diaryl/α,β-unsaturated/α-hetero) is 1. The Labute approximate surface area is 177 Å². The number of thioether (sulfide) groups is 1. The van der Waals surface area contributed by atoms with Crippen molar-refractivity contribution in [2.45, 2.75) is 25.0 Å². The molecule has 30 heavy (non-hydrogen) atoms. The summed E-state index contributed by atoms with van der Waals surface area (Å²) in [5.41, 5.74) is 1.28. The van der Waals surface area contributed by atoms with Gasteiger partial charge in [0.1, 0.15) is 0 Å². The van der Waals surface area contributed by atoms with Crippen LogP contribution in [0.5, 0.6) is 0 Å². The van der Waals surface area contributed by atoms with Crippen molar-refractivity contribution in [1.82, 2.24) is 23.7 Å². The molecule has 0 fully saturated rings. The minimum Gasteiger partial charge on any atom is -0.382 e. The average Bonchev–Trinajstić information content (AvgIpc) is 3.38. The molecule has 4 rings (SSSR count). The number of carbonyl (C=O) groups excluding carboxylic acids is 1. The summed E-state index contributed by atoms with van der Waals surface area (Å²) in [7, 11) is 1.85. The van der Waals surface area contributed by atoms with Gasteiger partial charge < -0.3 is 9.30 Å². The van der Waals surface area contributed by atoms with E-state index in [4.69, 9.17) is 4.74 Å². The van der Waals surface area contributed by atoms with Crippen molar-refractivity contribution in [3.05, 3.63) is 58.6 Å². The third kappa shape index (κ3) is 3.78. The third-order valence-electron chi connectivity index (χ3n) is 4.91. The fourth-order valence-electron chi connectivity index (χ4n) is 3.45. The van der Waals surface area contributed by atoms with Crippen molar-refractivity contribution < 1.29 is 9.53 Å². The molecular weight excluding hydrogens is 402 g/mol. The van der Waals surface area contributed by atoms with Crippen molar-refractivity contribution in [3.63, 3.8) is 0 Å². The molecule has 156 valence electrons. The van der Waals surface area contributed by atoms with Gasteiger partial charge in [0.05, 0.1) is 22.3 Å². The van der Waals surface area contributed by atoms with Gasteiger partial charge in [-0.05, 0) is 37.6 Å². The van der Waals surface area contributed by atoms with Crippen LogP contribution in [-0.4, -0.2) is 48.5 Å². The van der Waals surface area contributed by atoms with Gasteiger partial charge in [0.2, 0.25) is 5.78 Å². The number of ketones is 1. The lowest BCUT2D eigenvalue weighted by Gasteiger charge is -2.11. The van der Waals surface area contributed by atoms with Crippen LogP contribution >= 0.6 is 11.8 Å². The second kappa shape index (κ2) is 8.85. The van der Waals surface area contributed by atoms with E-state index in [2.05, 4.69) is 10.2 Å².